The summed E-state index contributed by atoms with van der Waals surface area (Å²) >= 11 is 0. The van der Waals surface area contributed by atoms with Crippen LogP contribution in [0.2, 0.25) is 0 Å². The number of hydrogen-bond donors (Lipinski definition) is 1. The van der Waals surface area contributed by atoms with Gasteiger partial charge in [0.15, 0.2) is 5.43 Å². The van der Waals surface area contributed by atoms with Crippen LogP contribution in [0.15, 0.2) is 59.7 Å². The monoisotopic (exact) mass is 251 g/mol. The lowest BCUT2D eigenvalue weighted by Crippen LogP contribution is -2.11. The predicted octanol–water partition coefficient (Wildman–Crippen LogP) is 2.03. The Kier molecular flexibility index (Phi) is 2.76. The van der Waals surface area contributed by atoms with Crippen LogP contribution in [-0.4, -0.2) is 9.55 Å². The second kappa shape index (κ2) is 4.57. The largest absolute Gasteiger partial charge is 0.383 e. The average molecular weight is 251 g/mol. The molecule has 0 spiro atoms. The average Bonchev–Trinajstić information content (AvgIpc) is 2.43. The summed E-state index contributed by atoms with van der Waals surface area (Å²) in [6.45, 7) is 0.696. The molecule has 0 unspecified atom stereocenters. The van der Waals surface area contributed by atoms with E-state index in [0.29, 0.717) is 11.9 Å². The molecule has 0 atom stereocenters. The van der Waals surface area contributed by atoms with E-state index in [1.54, 1.807) is 12.4 Å². The molecule has 2 heterocycles. The van der Waals surface area contributed by atoms with Crippen molar-refractivity contribution >= 4 is 16.7 Å². The fourth-order valence-electron chi connectivity index (χ4n) is 2.20. The Hall–Kier alpha value is -2.62. The zero-order valence-corrected chi connectivity index (χ0v) is 10.3. The number of nitrogens with two attached hydrogens (primary N) is 1. The van der Waals surface area contributed by atoms with Crippen molar-refractivity contribution < 1.29 is 0 Å². The first-order valence-electron chi connectivity index (χ1n) is 6.03. The highest BCUT2D eigenvalue weighted by molar-refractivity contribution is 5.87. The maximum atomic E-state index is 11.9. The lowest BCUT2D eigenvalue weighted by Gasteiger charge is -2.11. The number of rotatable bonds is 2. The normalized spacial score (nSPS) is 10.7. The number of pyridine rings is 2. The van der Waals surface area contributed by atoms with Gasteiger partial charge in [-0.1, -0.05) is 30.3 Å². The fourth-order valence-corrected chi connectivity index (χ4v) is 2.20. The summed E-state index contributed by atoms with van der Waals surface area (Å²) in [6.07, 6.45) is 3.41. The Balaban J connectivity index is 2.18. The SMILES string of the molecule is Nc1nccc2c1c(=O)ccn2Cc1ccccc1. The molecule has 0 aliphatic rings. The number of benzene rings is 1. The molecule has 2 N–H and O–H groups in total. The minimum atomic E-state index is -0.0927. The van der Waals surface area contributed by atoms with Crippen molar-refractivity contribution in [3.63, 3.8) is 0 Å². The van der Waals surface area contributed by atoms with Gasteiger partial charge in [-0.2, -0.15) is 0 Å². The van der Waals surface area contributed by atoms with Gasteiger partial charge in [-0.15, -0.1) is 0 Å². The molecule has 19 heavy (non-hydrogen) atoms. The number of nitrogens with zero attached hydrogens (tertiary/aromatic N) is 2. The lowest BCUT2D eigenvalue weighted by atomic mass is 10.2. The fraction of sp³-hybridized carbons (Fsp3) is 0.0667. The Morgan fingerprint density at radius 1 is 1.11 bits per heavy atom. The van der Waals surface area contributed by atoms with Crippen LogP contribution in [-0.2, 0) is 6.54 Å². The van der Waals surface area contributed by atoms with Crippen molar-refractivity contribution in [2.45, 2.75) is 6.54 Å². The third-order valence-electron chi connectivity index (χ3n) is 3.12. The molecule has 0 bridgehead atoms. The van der Waals surface area contributed by atoms with Gasteiger partial charge < -0.3 is 10.3 Å². The maximum Gasteiger partial charge on any atom is 0.193 e. The van der Waals surface area contributed by atoms with Crippen molar-refractivity contribution in [2.75, 3.05) is 5.73 Å². The van der Waals surface area contributed by atoms with Crippen molar-refractivity contribution in [3.05, 3.63) is 70.6 Å². The molecule has 4 heteroatoms. The van der Waals surface area contributed by atoms with Crippen LogP contribution >= 0.6 is 0 Å². The van der Waals surface area contributed by atoms with E-state index in [2.05, 4.69) is 17.1 Å². The van der Waals surface area contributed by atoms with Gasteiger partial charge in [0.25, 0.3) is 0 Å². The summed E-state index contributed by atoms with van der Waals surface area (Å²) in [5.74, 6) is 0.282. The summed E-state index contributed by atoms with van der Waals surface area (Å²) < 4.78 is 2.00. The van der Waals surface area contributed by atoms with Crippen LogP contribution in [0.4, 0.5) is 5.82 Å². The molecule has 2 aromatic heterocycles. The molecule has 0 saturated carbocycles. The molecule has 0 aliphatic carbocycles. The zero-order chi connectivity index (χ0) is 13.2. The second-order valence-corrected chi connectivity index (χ2v) is 4.38. The van der Waals surface area contributed by atoms with Crippen LogP contribution in [0.25, 0.3) is 10.9 Å². The van der Waals surface area contributed by atoms with Crippen molar-refractivity contribution in [1.82, 2.24) is 9.55 Å². The van der Waals surface area contributed by atoms with Gasteiger partial charge in [-0.05, 0) is 11.6 Å². The Bertz CT molecular complexity index is 778. The van der Waals surface area contributed by atoms with E-state index in [1.807, 2.05) is 28.8 Å². The summed E-state index contributed by atoms with van der Waals surface area (Å²) in [7, 11) is 0. The Morgan fingerprint density at radius 2 is 1.89 bits per heavy atom. The smallest absolute Gasteiger partial charge is 0.193 e. The molecule has 0 radical (unpaired) electrons. The molecule has 4 nitrogen and oxygen atoms in total. The van der Waals surface area contributed by atoms with E-state index in [9.17, 15) is 4.79 Å². The van der Waals surface area contributed by atoms with E-state index in [4.69, 9.17) is 5.73 Å². The molecular formula is C15H13N3O. The zero-order valence-electron chi connectivity index (χ0n) is 10.3. The highest BCUT2D eigenvalue weighted by atomic mass is 16.1. The van der Waals surface area contributed by atoms with Gasteiger partial charge in [0.1, 0.15) is 5.82 Å². The number of aromatic nitrogens is 2. The number of nitrogen functional groups attached to an aromatic ring is 1. The topological polar surface area (TPSA) is 60.9 Å². The molecule has 0 saturated heterocycles. The maximum absolute atomic E-state index is 11.9. The van der Waals surface area contributed by atoms with E-state index >= 15 is 0 Å². The van der Waals surface area contributed by atoms with Crippen LogP contribution in [0, 0.1) is 0 Å². The van der Waals surface area contributed by atoms with E-state index < -0.39 is 0 Å². The van der Waals surface area contributed by atoms with E-state index in [1.165, 1.54) is 11.6 Å². The summed E-state index contributed by atoms with van der Waals surface area (Å²) in [5, 5.41) is 0.487. The van der Waals surface area contributed by atoms with Crippen molar-refractivity contribution in [2.24, 2.45) is 0 Å². The van der Waals surface area contributed by atoms with Gasteiger partial charge >= 0.3 is 0 Å². The summed E-state index contributed by atoms with van der Waals surface area (Å²) in [4.78, 5) is 15.9. The van der Waals surface area contributed by atoms with Gasteiger partial charge in [0.2, 0.25) is 0 Å². The standard InChI is InChI=1S/C15H13N3O/c16-15-14-12(6-8-17-15)18(9-7-13(14)19)10-11-4-2-1-3-5-11/h1-9H,10H2,(H2,16,17). The molecular weight excluding hydrogens is 238 g/mol. The summed E-state index contributed by atoms with van der Waals surface area (Å²) in [6, 6.07) is 13.4. The van der Waals surface area contributed by atoms with Crippen molar-refractivity contribution in [3.8, 4) is 0 Å². The van der Waals surface area contributed by atoms with E-state index in [-0.39, 0.29) is 11.2 Å². The molecule has 94 valence electrons. The van der Waals surface area contributed by atoms with Gasteiger partial charge in [-0.25, -0.2) is 4.98 Å². The van der Waals surface area contributed by atoms with Gasteiger partial charge in [0.05, 0.1) is 10.9 Å². The molecule has 3 rings (SSSR count). The van der Waals surface area contributed by atoms with Gasteiger partial charge in [0, 0.05) is 25.0 Å². The Morgan fingerprint density at radius 3 is 2.68 bits per heavy atom. The third kappa shape index (κ3) is 2.08. The van der Waals surface area contributed by atoms with Crippen LogP contribution in [0.5, 0.6) is 0 Å². The molecule has 0 amide bonds. The van der Waals surface area contributed by atoms with Crippen LogP contribution in [0.1, 0.15) is 5.56 Å². The predicted molar refractivity (Wildman–Crippen MR) is 76.0 cm³/mol. The van der Waals surface area contributed by atoms with Crippen LogP contribution < -0.4 is 11.2 Å². The highest BCUT2D eigenvalue weighted by Crippen LogP contribution is 2.15. The molecule has 3 aromatic rings. The summed E-state index contributed by atoms with van der Waals surface area (Å²) in [5.41, 5.74) is 7.68. The minimum absolute atomic E-state index is 0.0927. The number of fused-ring (bicyclic) bond motifs is 1. The Labute approximate surface area is 110 Å². The minimum Gasteiger partial charge on any atom is -0.383 e. The first kappa shape index (κ1) is 11.5. The molecule has 0 aliphatic heterocycles. The second-order valence-electron chi connectivity index (χ2n) is 4.38. The molecule has 1 aromatic carbocycles. The number of hydrogen-bond acceptors (Lipinski definition) is 3. The third-order valence-corrected chi connectivity index (χ3v) is 3.12. The first-order chi connectivity index (χ1) is 9.25. The number of anilines is 1. The highest BCUT2D eigenvalue weighted by Gasteiger charge is 2.06. The quantitative estimate of drug-likeness (QED) is 0.758. The van der Waals surface area contributed by atoms with Crippen LogP contribution in [0.3, 0.4) is 0 Å². The lowest BCUT2D eigenvalue weighted by molar-refractivity contribution is 0.825. The first-order valence-corrected chi connectivity index (χ1v) is 6.03. The molecule has 0 fully saturated rings. The van der Waals surface area contributed by atoms with E-state index in [0.717, 1.165) is 5.52 Å². The van der Waals surface area contributed by atoms with Crippen molar-refractivity contribution in [1.29, 1.82) is 0 Å². The van der Waals surface area contributed by atoms with Gasteiger partial charge in [-0.3, -0.25) is 4.79 Å².